The molecule has 1 aliphatic rings. The molecule has 1 aliphatic carbocycles. The molecule has 176 valence electrons. The number of aromatic nitrogens is 4. The fourth-order valence-corrected chi connectivity index (χ4v) is 4.60. The Bertz CT molecular complexity index is 1390. The highest BCUT2D eigenvalue weighted by molar-refractivity contribution is 5.92. The Labute approximate surface area is 195 Å². The third-order valence-corrected chi connectivity index (χ3v) is 6.69. The topological polar surface area (TPSA) is 104 Å². The van der Waals surface area contributed by atoms with E-state index in [1.807, 2.05) is 12.1 Å². The molecule has 1 saturated carbocycles. The Morgan fingerprint density at radius 2 is 2.09 bits per heavy atom. The molecule has 1 fully saturated rings. The third-order valence-electron chi connectivity index (χ3n) is 6.69. The Morgan fingerprint density at radius 1 is 1.21 bits per heavy atom. The van der Waals surface area contributed by atoms with Crippen molar-refractivity contribution in [2.45, 2.75) is 38.8 Å². The van der Waals surface area contributed by atoms with Gasteiger partial charge in [0.15, 0.2) is 0 Å². The van der Waals surface area contributed by atoms with Gasteiger partial charge in [-0.1, -0.05) is 12.5 Å². The average molecular weight is 463 g/mol. The summed E-state index contributed by atoms with van der Waals surface area (Å²) in [6, 6.07) is 10.4. The number of hydrogen-bond donors (Lipinski definition) is 3. The number of H-pyrrole nitrogens is 1. The number of alkyl halides is 1. The first-order valence-corrected chi connectivity index (χ1v) is 11.6. The lowest BCUT2D eigenvalue weighted by molar-refractivity contribution is 0.0945. The van der Waals surface area contributed by atoms with E-state index in [9.17, 15) is 14.0 Å². The van der Waals surface area contributed by atoms with Crippen molar-refractivity contribution in [1.82, 2.24) is 30.0 Å². The molecule has 0 atom stereocenters. The lowest BCUT2D eigenvalue weighted by Gasteiger charge is -2.41. The standard InChI is InChI=1S/C25H27FN6O2/c26-8-7-25(5-3-6-25)16-27-15-18-11-19-20(30-18)10-17(13-28-19)14-29-24(34)21-12-23(33)32-9-2-1-4-22(32)31-21/h1-2,4,9-13,27,30H,3,5-8,14-16H2,(H,29,34). The van der Waals surface area contributed by atoms with Gasteiger partial charge < -0.3 is 15.6 Å². The van der Waals surface area contributed by atoms with Gasteiger partial charge in [-0.05, 0) is 54.5 Å². The van der Waals surface area contributed by atoms with Crippen molar-refractivity contribution in [3.8, 4) is 0 Å². The molecule has 0 unspecified atom stereocenters. The minimum absolute atomic E-state index is 0.0791. The van der Waals surface area contributed by atoms with Crippen LogP contribution < -0.4 is 16.2 Å². The number of carbonyl (C=O) groups excluding carboxylic acids is 1. The molecule has 5 rings (SSSR count). The number of nitrogens with zero attached hydrogens (tertiary/aromatic N) is 3. The van der Waals surface area contributed by atoms with E-state index >= 15 is 0 Å². The van der Waals surface area contributed by atoms with Crippen LogP contribution in [0.2, 0.25) is 0 Å². The van der Waals surface area contributed by atoms with Crippen LogP contribution in [0.15, 0.2) is 53.6 Å². The fraction of sp³-hybridized carbons (Fsp3) is 0.360. The molecule has 0 radical (unpaired) electrons. The van der Waals surface area contributed by atoms with Gasteiger partial charge in [-0.25, -0.2) is 4.98 Å². The van der Waals surface area contributed by atoms with Crippen LogP contribution in [0.25, 0.3) is 16.7 Å². The zero-order valence-electron chi connectivity index (χ0n) is 18.8. The van der Waals surface area contributed by atoms with E-state index in [2.05, 4.69) is 25.6 Å². The van der Waals surface area contributed by atoms with Gasteiger partial charge in [0.1, 0.15) is 11.3 Å². The number of amides is 1. The second-order valence-corrected chi connectivity index (χ2v) is 9.06. The Morgan fingerprint density at radius 3 is 2.88 bits per heavy atom. The van der Waals surface area contributed by atoms with Crippen molar-refractivity contribution in [3.05, 3.63) is 76.1 Å². The van der Waals surface area contributed by atoms with Gasteiger partial charge in [0.05, 0.1) is 17.7 Å². The van der Waals surface area contributed by atoms with Gasteiger partial charge in [0.2, 0.25) is 0 Å². The summed E-state index contributed by atoms with van der Waals surface area (Å²) in [6.45, 7) is 1.49. The van der Waals surface area contributed by atoms with Crippen LogP contribution in [0.1, 0.15) is 47.4 Å². The molecule has 4 aromatic heterocycles. The van der Waals surface area contributed by atoms with Gasteiger partial charge >= 0.3 is 0 Å². The number of carbonyl (C=O) groups is 1. The van der Waals surface area contributed by atoms with Crippen molar-refractivity contribution in [1.29, 1.82) is 0 Å². The fourth-order valence-electron chi connectivity index (χ4n) is 4.60. The Hall–Kier alpha value is -3.59. The Kier molecular flexibility index (Phi) is 6.10. The molecule has 0 saturated heterocycles. The molecule has 9 heteroatoms. The van der Waals surface area contributed by atoms with Crippen molar-refractivity contribution < 1.29 is 9.18 Å². The van der Waals surface area contributed by atoms with Gasteiger partial charge in [-0.15, -0.1) is 0 Å². The summed E-state index contributed by atoms with van der Waals surface area (Å²) >= 11 is 0. The van der Waals surface area contributed by atoms with Crippen LogP contribution in [-0.2, 0) is 13.1 Å². The molecule has 0 bridgehead atoms. The highest BCUT2D eigenvalue weighted by atomic mass is 19.1. The maximum absolute atomic E-state index is 12.8. The van der Waals surface area contributed by atoms with Crippen LogP contribution in [0.3, 0.4) is 0 Å². The number of halogens is 1. The molecule has 8 nitrogen and oxygen atoms in total. The molecule has 0 aromatic carbocycles. The van der Waals surface area contributed by atoms with Crippen LogP contribution in [0, 0.1) is 5.41 Å². The quantitative estimate of drug-likeness (QED) is 0.355. The van der Waals surface area contributed by atoms with E-state index in [0.29, 0.717) is 18.6 Å². The monoisotopic (exact) mass is 462 g/mol. The number of rotatable bonds is 9. The summed E-state index contributed by atoms with van der Waals surface area (Å²) in [5, 5.41) is 6.27. The smallest absolute Gasteiger partial charge is 0.270 e. The van der Waals surface area contributed by atoms with E-state index in [1.165, 1.54) is 16.9 Å². The predicted molar refractivity (Wildman–Crippen MR) is 127 cm³/mol. The number of nitrogens with one attached hydrogen (secondary N) is 3. The SMILES string of the molecule is O=C(NCc1cnc2cc(CNCC3(CCF)CCC3)[nH]c2c1)c1cc(=O)n2ccccc2n1. The molecule has 0 spiro atoms. The van der Waals surface area contributed by atoms with Gasteiger partial charge in [0.25, 0.3) is 11.5 Å². The van der Waals surface area contributed by atoms with Crippen molar-refractivity contribution in [2.75, 3.05) is 13.2 Å². The summed E-state index contributed by atoms with van der Waals surface area (Å²) in [4.78, 5) is 36.9. The predicted octanol–water partition coefficient (Wildman–Crippen LogP) is 3.12. The molecular formula is C25H27FN6O2. The van der Waals surface area contributed by atoms with Crippen molar-refractivity contribution in [2.24, 2.45) is 5.41 Å². The van der Waals surface area contributed by atoms with Crippen molar-refractivity contribution in [3.63, 3.8) is 0 Å². The lowest BCUT2D eigenvalue weighted by Crippen LogP contribution is -2.40. The first-order valence-electron chi connectivity index (χ1n) is 11.6. The summed E-state index contributed by atoms with van der Waals surface area (Å²) in [7, 11) is 0. The number of hydrogen-bond acceptors (Lipinski definition) is 5. The summed E-state index contributed by atoms with van der Waals surface area (Å²) in [5.41, 5.74) is 3.88. The van der Waals surface area contributed by atoms with Crippen molar-refractivity contribution >= 4 is 22.6 Å². The molecule has 34 heavy (non-hydrogen) atoms. The van der Waals surface area contributed by atoms with Crippen LogP contribution in [0.4, 0.5) is 4.39 Å². The molecule has 0 aliphatic heterocycles. The van der Waals surface area contributed by atoms with E-state index < -0.39 is 5.91 Å². The van der Waals surface area contributed by atoms with Gasteiger partial charge in [-0.3, -0.25) is 23.4 Å². The van der Waals surface area contributed by atoms with E-state index in [0.717, 1.165) is 41.7 Å². The van der Waals surface area contributed by atoms with E-state index in [4.69, 9.17) is 0 Å². The van der Waals surface area contributed by atoms with E-state index in [-0.39, 0.29) is 29.9 Å². The lowest BCUT2D eigenvalue weighted by atomic mass is 9.67. The minimum atomic E-state index is -0.418. The number of pyridine rings is 2. The Balaban J connectivity index is 1.21. The zero-order valence-corrected chi connectivity index (χ0v) is 18.8. The van der Waals surface area contributed by atoms with Crippen LogP contribution in [0.5, 0.6) is 0 Å². The second-order valence-electron chi connectivity index (χ2n) is 9.06. The normalized spacial score (nSPS) is 14.9. The van der Waals surface area contributed by atoms with E-state index in [1.54, 1.807) is 30.6 Å². The molecule has 3 N–H and O–H groups in total. The maximum atomic E-state index is 12.8. The van der Waals surface area contributed by atoms with Gasteiger partial charge in [0, 0.05) is 43.8 Å². The van der Waals surface area contributed by atoms with Gasteiger partial charge in [-0.2, -0.15) is 0 Å². The third kappa shape index (κ3) is 4.56. The summed E-state index contributed by atoms with van der Waals surface area (Å²) in [5.74, 6) is -0.418. The maximum Gasteiger partial charge on any atom is 0.270 e. The summed E-state index contributed by atoms with van der Waals surface area (Å²) in [6.07, 6.45) is 7.34. The molecule has 1 amide bonds. The molecule has 4 heterocycles. The first-order chi connectivity index (χ1) is 16.5. The largest absolute Gasteiger partial charge is 0.356 e. The molecular weight excluding hydrogens is 435 g/mol. The van der Waals surface area contributed by atoms with Crippen LogP contribution in [-0.4, -0.2) is 38.5 Å². The first kappa shape index (κ1) is 22.2. The number of aromatic amines is 1. The second kappa shape index (κ2) is 9.34. The average Bonchev–Trinajstić information content (AvgIpc) is 3.23. The zero-order chi connectivity index (χ0) is 23.5. The van der Waals surface area contributed by atoms with Crippen LogP contribution >= 0.6 is 0 Å². The minimum Gasteiger partial charge on any atom is -0.356 e. The summed E-state index contributed by atoms with van der Waals surface area (Å²) < 4.78 is 14.2. The highest BCUT2D eigenvalue weighted by Gasteiger charge is 2.35. The number of fused-ring (bicyclic) bond motifs is 2. The highest BCUT2D eigenvalue weighted by Crippen LogP contribution is 2.43. The molecule has 4 aromatic rings.